The molecule has 1 aromatic carbocycles. The Morgan fingerprint density at radius 3 is 2.85 bits per heavy atom. The molecule has 0 aliphatic heterocycles. The second-order valence-corrected chi connectivity index (χ2v) is 6.18. The molecule has 2 N–H and O–H groups in total. The Hall–Kier alpha value is -1.28. The minimum absolute atomic E-state index is 0.352. The van der Waals surface area contributed by atoms with Crippen molar-refractivity contribution in [3.8, 4) is 0 Å². The van der Waals surface area contributed by atoms with E-state index in [1.54, 1.807) is 5.56 Å². The van der Waals surface area contributed by atoms with Crippen molar-refractivity contribution in [1.82, 2.24) is 4.57 Å². The molecule has 1 heterocycles. The molecule has 1 aliphatic rings. The zero-order valence-electron chi connectivity index (χ0n) is 12.8. The SMILES string of the molecule is CCCc1cc2ccc3c(c2n1CCC)CCC(N)C3. The maximum atomic E-state index is 6.14. The maximum absolute atomic E-state index is 6.14. The quantitative estimate of drug-likeness (QED) is 0.899. The van der Waals surface area contributed by atoms with Gasteiger partial charge in [-0.15, -0.1) is 0 Å². The molecule has 2 aromatic rings. The van der Waals surface area contributed by atoms with Gasteiger partial charge in [-0.1, -0.05) is 32.4 Å². The third-order valence-corrected chi connectivity index (χ3v) is 4.55. The second-order valence-electron chi connectivity index (χ2n) is 6.18. The fraction of sp³-hybridized carbons (Fsp3) is 0.556. The number of nitrogens with two attached hydrogens (primary N) is 1. The number of rotatable bonds is 4. The largest absolute Gasteiger partial charge is 0.344 e. The van der Waals surface area contributed by atoms with E-state index in [2.05, 4.69) is 36.6 Å². The van der Waals surface area contributed by atoms with Crippen LogP contribution in [0.25, 0.3) is 10.9 Å². The molecule has 20 heavy (non-hydrogen) atoms. The predicted molar refractivity (Wildman–Crippen MR) is 86.2 cm³/mol. The monoisotopic (exact) mass is 270 g/mol. The lowest BCUT2D eigenvalue weighted by atomic mass is 9.87. The number of hydrogen-bond acceptors (Lipinski definition) is 1. The lowest BCUT2D eigenvalue weighted by Crippen LogP contribution is -2.28. The van der Waals surface area contributed by atoms with Crippen molar-refractivity contribution in [3.05, 3.63) is 35.0 Å². The van der Waals surface area contributed by atoms with Crippen molar-refractivity contribution in [2.75, 3.05) is 0 Å². The van der Waals surface area contributed by atoms with Crippen LogP contribution in [-0.4, -0.2) is 10.6 Å². The van der Waals surface area contributed by atoms with Crippen molar-refractivity contribution in [3.63, 3.8) is 0 Å². The third-order valence-electron chi connectivity index (χ3n) is 4.55. The van der Waals surface area contributed by atoms with Gasteiger partial charge in [-0.2, -0.15) is 0 Å². The predicted octanol–water partition coefficient (Wildman–Crippen LogP) is 3.82. The molecule has 2 heteroatoms. The highest BCUT2D eigenvalue weighted by atomic mass is 15.0. The summed E-state index contributed by atoms with van der Waals surface area (Å²) in [5.41, 5.74) is 12.2. The van der Waals surface area contributed by atoms with Gasteiger partial charge in [0, 0.05) is 23.7 Å². The van der Waals surface area contributed by atoms with Crippen LogP contribution in [0.15, 0.2) is 18.2 Å². The van der Waals surface area contributed by atoms with Gasteiger partial charge in [0.25, 0.3) is 0 Å². The molecule has 0 radical (unpaired) electrons. The van der Waals surface area contributed by atoms with E-state index in [1.165, 1.54) is 41.4 Å². The van der Waals surface area contributed by atoms with E-state index in [9.17, 15) is 0 Å². The van der Waals surface area contributed by atoms with Gasteiger partial charge in [0.15, 0.2) is 0 Å². The first-order valence-electron chi connectivity index (χ1n) is 8.13. The Morgan fingerprint density at radius 1 is 1.25 bits per heavy atom. The molecule has 1 atom stereocenters. The second kappa shape index (κ2) is 5.61. The molecule has 0 amide bonds. The summed E-state index contributed by atoms with van der Waals surface area (Å²) >= 11 is 0. The molecular formula is C18H26N2. The number of aryl methyl sites for hydroxylation is 3. The number of benzene rings is 1. The molecule has 0 spiro atoms. The van der Waals surface area contributed by atoms with Crippen LogP contribution in [0.1, 0.15) is 49.9 Å². The summed E-state index contributed by atoms with van der Waals surface area (Å²) in [5, 5.41) is 1.43. The van der Waals surface area contributed by atoms with Gasteiger partial charge in [0.1, 0.15) is 0 Å². The summed E-state index contributed by atoms with van der Waals surface area (Å²) in [5.74, 6) is 0. The molecule has 0 bridgehead atoms. The molecule has 0 saturated carbocycles. The highest BCUT2D eigenvalue weighted by Gasteiger charge is 2.20. The summed E-state index contributed by atoms with van der Waals surface area (Å²) in [6.07, 6.45) is 6.92. The summed E-state index contributed by atoms with van der Waals surface area (Å²) in [6, 6.07) is 7.37. The summed E-state index contributed by atoms with van der Waals surface area (Å²) in [7, 11) is 0. The normalized spacial score (nSPS) is 18.4. The molecule has 108 valence electrons. The average molecular weight is 270 g/mol. The highest BCUT2D eigenvalue weighted by molar-refractivity contribution is 5.86. The summed E-state index contributed by atoms with van der Waals surface area (Å²) < 4.78 is 2.58. The first kappa shape index (κ1) is 13.7. The zero-order valence-corrected chi connectivity index (χ0v) is 12.8. The molecule has 1 aromatic heterocycles. The van der Waals surface area contributed by atoms with E-state index in [4.69, 9.17) is 5.73 Å². The Bertz CT molecular complexity index is 609. The minimum Gasteiger partial charge on any atom is -0.344 e. The van der Waals surface area contributed by atoms with Crippen molar-refractivity contribution in [2.24, 2.45) is 5.73 Å². The van der Waals surface area contributed by atoms with Gasteiger partial charge in [-0.25, -0.2) is 0 Å². The van der Waals surface area contributed by atoms with E-state index in [0.29, 0.717) is 6.04 Å². The smallest absolute Gasteiger partial charge is 0.0517 e. The molecule has 0 saturated heterocycles. The van der Waals surface area contributed by atoms with Crippen LogP contribution < -0.4 is 5.73 Å². The third kappa shape index (κ3) is 2.26. The molecular weight excluding hydrogens is 244 g/mol. The number of hydrogen-bond donors (Lipinski definition) is 1. The molecule has 1 aliphatic carbocycles. The molecule has 2 nitrogen and oxygen atoms in total. The fourth-order valence-electron chi connectivity index (χ4n) is 3.66. The van der Waals surface area contributed by atoms with Crippen molar-refractivity contribution in [1.29, 1.82) is 0 Å². The van der Waals surface area contributed by atoms with Crippen LogP contribution in [0.2, 0.25) is 0 Å². The van der Waals surface area contributed by atoms with Crippen molar-refractivity contribution >= 4 is 10.9 Å². The van der Waals surface area contributed by atoms with E-state index in [1.807, 2.05) is 0 Å². The van der Waals surface area contributed by atoms with Crippen molar-refractivity contribution in [2.45, 2.75) is 65.0 Å². The van der Waals surface area contributed by atoms with Gasteiger partial charge >= 0.3 is 0 Å². The summed E-state index contributed by atoms with van der Waals surface area (Å²) in [4.78, 5) is 0. The van der Waals surface area contributed by atoms with Crippen molar-refractivity contribution < 1.29 is 0 Å². The van der Waals surface area contributed by atoms with Crippen LogP contribution in [0.3, 0.4) is 0 Å². The molecule has 1 unspecified atom stereocenters. The van der Waals surface area contributed by atoms with Crippen LogP contribution in [-0.2, 0) is 25.8 Å². The Labute approximate surface area is 122 Å². The average Bonchev–Trinajstić information content (AvgIpc) is 2.78. The first-order chi connectivity index (χ1) is 9.74. The van der Waals surface area contributed by atoms with Gasteiger partial charge in [-0.05, 0) is 49.3 Å². The van der Waals surface area contributed by atoms with Crippen LogP contribution in [0.4, 0.5) is 0 Å². The lowest BCUT2D eigenvalue weighted by molar-refractivity contribution is 0.575. The topological polar surface area (TPSA) is 30.9 Å². The minimum atomic E-state index is 0.352. The highest BCUT2D eigenvalue weighted by Crippen LogP contribution is 2.31. The van der Waals surface area contributed by atoms with Crippen LogP contribution in [0.5, 0.6) is 0 Å². The number of fused-ring (bicyclic) bond motifs is 3. The Morgan fingerprint density at radius 2 is 2.10 bits per heavy atom. The molecule has 3 rings (SSSR count). The van der Waals surface area contributed by atoms with Crippen LogP contribution >= 0.6 is 0 Å². The Balaban J connectivity index is 2.18. The van der Waals surface area contributed by atoms with E-state index in [0.717, 1.165) is 25.8 Å². The summed E-state index contributed by atoms with van der Waals surface area (Å²) in [6.45, 7) is 5.68. The number of nitrogens with zero attached hydrogens (tertiary/aromatic N) is 1. The zero-order chi connectivity index (χ0) is 14.1. The van der Waals surface area contributed by atoms with Gasteiger partial charge < -0.3 is 10.3 Å². The standard InChI is InChI=1S/C18H26N2/c1-3-5-16-12-14-7-6-13-11-15(19)8-9-17(13)18(14)20(16)10-4-2/h6-7,12,15H,3-5,8-11,19H2,1-2H3. The maximum Gasteiger partial charge on any atom is 0.0517 e. The lowest BCUT2D eigenvalue weighted by Gasteiger charge is -2.23. The Kier molecular flexibility index (Phi) is 3.84. The van der Waals surface area contributed by atoms with E-state index in [-0.39, 0.29) is 0 Å². The van der Waals surface area contributed by atoms with Gasteiger partial charge in [0.2, 0.25) is 0 Å². The fourth-order valence-corrected chi connectivity index (χ4v) is 3.66. The molecule has 0 fully saturated rings. The van der Waals surface area contributed by atoms with Crippen LogP contribution in [0, 0.1) is 0 Å². The van der Waals surface area contributed by atoms with Gasteiger partial charge in [-0.3, -0.25) is 0 Å². The first-order valence-corrected chi connectivity index (χ1v) is 8.13. The van der Waals surface area contributed by atoms with Gasteiger partial charge in [0.05, 0.1) is 5.52 Å². The number of aromatic nitrogens is 1. The van der Waals surface area contributed by atoms with E-state index < -0.39 is 0 Å². The van der Waals surface area contributed by atoms with E-state index >= 15 is 0 Å².